The summed E-state index contributed by atoms with van der Waals surface area (Å²) in [7, 11) is -3.79. The molecular weight excluding hydrogens is 264 g/mol. The number of rotatable bonds is 5. The molecule has 0 aliphatic carbocycles. The van der Waals surface area contributed by atoms with Crippen LogP contribution < -0.4 is 4.18 Å². The van der Waals surface area contributed by atoms with Gasteiger partial charge in [0.1, 0.15) is 5.75 Å². The SMILES string of the molecule is CCS(=O)(=O)Oc1ccc(C(=O)O)c(C(=O)O)c1. The van der Waals surface area contributed by atoms with Crippen molar-refractivity contribution in [3.8, 4) is 5.75 Å². The summed E-state index contributed by atoms with van der Waals surface area (Å²) in [6.07, 6.45) is 0. The number of carboxylic acid groups (broad SMARTS) is 2. The number of hydrogen-bond acceptors (Lipinski definition) is 5. The van der Waals surface area contributed by atoms with E-state index < -0.39 is 33.2 Å². The molecule has 0 saturated carbocycles. The summed E-state index contributed by atoms with van der Waals surface area (Å²) < 4.78 is 27.0. The van der Waals surface area contributed by atoms with E-state index in [1.165, 1.54) is 6.92 Å². The van der Waals surface area contributed by atoms with Gasteiger partial charge in [-0.2, -0.15) is 8.42 Å². The third-order valence-electron chi connectivity index (χ3n) is 2.03. The molecule has 0 spiro atoms. The summed E-state index contributed by atoms with van der Waals surface area (Å²) in [5.41, 5.74) is -0.977. The molecule has 0 radical (unpaired) electrons. The van der Waals surface area contributed by atoms with Gasteiger partial charge in [-0.25, -0.2) is 9.59 Å². The smallest absolute Gasteiger partial charge is 0.336 e. The Kier molecular flexibility index (Phi) is 3.92. The third-order valence-corrected chi connectivity index (χ3v) is 3.18. The van der Waals surface area contributed by atoms with Crippen LogP contribution in [0.2, 0.25) is 0 Å². The van der Waals surface area contributed by atoms with Crippen molar-refractivity contribution in [1.29, 1.82) is 0 Å². The molecule has 0 aromatic heterocycles. The predicted molar refractivity (Wildman–Crippen MR) is 60.4 cm³/mol. The van der Waals surface area contributed by atoms with Crippen LogP contribution in [-0.2, 0) is 10.1 Å². The van der Waals surface area contributed by atoms with Gasteiger partial charge in [-0.15, -0.1) is 0 Å². The largest absolute Gasteiger partial charge is 0.478 e. The van der Waals surface area contributed by atoms with Crippen LogP contribution in [0.15, 0.2) is 18.2 Å². The minimum Gasteiger partial charge on any atom is -0.478 e. The molecule has 0 aliphatic heterocycles. The van der Waals surface area contributed by atoms with Crippen molar-refractivity contribution in [3.63, 3.8) is 0 Å². The average Bonchev–Trinajstić information content (AvgIpc) is 2.28. The van der Waals surface area contributed by atoms with Crippen molar-refractivity contribution in [2.75, 3.05) is 5.75 Å². The summed E-state index contributed by atoms with van der Waals surface area (Å²) in [6, 6.07) is 2.92. The van der Waals surface area contributed by atoms with E-state index in [1.54, 1.807) is 0 Å². The molecule has 1 aromatic carbocycles. The second-order valence-electron chi connectivity index (χ2n) is 3.25. The molecule has 0 unspecified atom stereocenters. The molecule has 0 bridgehead atoms. The van der Waals surface area contributed by atoms with E-state index in [4.69, 9.17) is 10.2 Å². The Labute approximate surface area is 103 Å². The van der Waals surface area contributed by atoms with Gasteiger partial charge in [0, 0.05) is 0 Å². The van der Waals surface area contributed by atoms with E-state index in [9.17, 15) is 18.0 Å². The van der Waals surface area contributed by atoms with Crippen molar-refractivity contribution >= 4 is 22.1 Å². The second-order valence-corrected chi connectivity index (χ2v) is 5.11. The van der Waals surface area contributed by atoms with Gasteiger partial charge in [0.05, 0.1) is 16.9 Å². The van der Waals surface area contributed by atoms with Gasteiger partial charge in [-0.05, 0) is 25.1 Å². The molecule has 0 fully saturated rings. The van der Waals surface area contributed by atoms with Crippen LogP contribution in [0, 0.1) is 0 Å². The third kappa shape index (κ3) is 3.20. The van der Waals surface area contributed by atoms with Crippen LogP contribution in [0.1, 0.15) is 27.6 Å². The van der Waals surface area contributed by atoms with Crippen molar-refractivity contribution in [1.82, 2.24) is 0 Å². The molecule has 0 atom stereocenters. The summed E-state index contributed by atoms with van der Waals surface area (Å²) in [5, 5.41) is 17.6. The maximum absolute atomic E-state index is 11.2. The molecule has 0 saturated heterocycles. The summed E-state index contributed by atoms with van der Waals surface area (Å²) in [6.45, 7) is 1.36. The zero-order chi connectivity index (χ0) is 13.9. The molecule has 1 rings (SSSR count). The van der Waals surface area contributed by atoms with Crippen LogP contribution in [-0.4, -0.2) is 36.3 Å². The lowest BCUT2D eigenvalue weighted by molar-refractivity contribution is 0.0651. The lowest BCUT2D eigenvalue weighted by atomic mass is 10.1. The van der Waals surface area contributed by atoms with Gasteiger partial charge in [0.25, 0.3) is 0 Å². The molecule has 2 N–H and O–H groups in total. The Morgan fingerprint density at radius 2 is 1.72 bits per heavy atom. The van der Waals surface area contributed by atoms with Gasteiger partial charge in [0.2, 0.25) is 0 Å². The van der Waals surface area contributed by atoms with Crippen molar-refractivity contribution < 1.29 is 32.4 Å². The first kappa shape index (κ1) is 14.0. The van der Waals surface area contributed by atoms with Crippen LogP contribution in [0.4, 0.5) is 0 Å². The Hall–Kier alpha value is -2.09. The number of benzene rings is 1. The van der Waals surface area contributed by atoms with Crippen molar-refractivity contribution in [2.45, 2.75) is 6.92 Å². The van der Waals surface area contributed by atoms with Gasteiger partial charge < -0.3 is 14.4 Å². The average molecular weight is 274 g/mol. The topological polar surface area (TPSA) is 118 Å². The monoisotopic (exact) mass is 274 g/mol. The van der Waals surface area contributed by atoms with Gasteiger partial charge in [-0.1, -0.05) is 0 Å². The standard InChI is InChI=1S/C10H10O7S/c1-2-18(15,16)17-6-3-4-7(9(11)12)8(5-6)10(13)14/h3-5H,2H2,1H3,(H,11,12)(H,13,14). The number of carboxylic acids is 2. The van der Waals surface area contributed by atoms with Crippen molar-refractivity contribution in [2.24, 2.45) is 0 Å². The molecule has 18 heavy (non-hydrogen) atoms. The fourth-order valence-corrected chi connectivity index (χ4v) is 1.66. The van der Waals surface area contributed by atoms with E-state index in [-0.39, 0.29) is 11.5 Å². The minimum absolute atomic E-state index is 0.237. The van der Waals surface area contributed by atoms with Gasteiger partial charge in [-0.3, -0.25) is 0 Å². The number of carbonyl (C=O) groups is 2. The molecule has 0 aliphatic rings. The van der Waals surface area contributed by atoms with E-state index >= 15 is 0 Å². The lowest BCUT2D eigenvalue weighted by Gasteiger charge is -2.07. The minimum atomic E-state index is -3.79. The Morgan fingerprint density at radius 3 is 2.17 bits per heavy atom. The molecular formula is C10H10O7S. The maximum atomic E-state index is 11.2. The first-order valence-corrected chi connectivity index (χ1v) is 6.37. The summed E-state index contributed by atoms with van der Waals surface area (Å²) in [5.74, 6) is -3.42. The van der Waals surface area contributed by atoms with Gasteiger partial charge in [0.15, 0.2) is 0 Å². The predicted octanol–water partition coefficient (Wildman–Crippen LogP) is 0.812. The highest BCUT2D eigenvalue weighted by molar-refractivity contribution is 7.87. The van der Waals surface area contributed by atoms with Crippen molar-refractivity contribution in [3.05, 3.63) is 29.3 Å². The Bertz CT molecular complexity index is 588. The Morgan fingerprint density at radius 1 is 1.17 bits per heavy atom. The second kappa shape index (κ2) is 5.05. The first-order chi connectivity index (χ1) is 8.26. The zero-order valence-electron chi connectivity index (χ0n) is 9.28. The quantitative estimate of drug-likeness (QED) is 0.762. The highest BCUT2D eigenvalue weighted by Gasteiger charge is 2.18. The normalized spacial score (nSPS) is 10.9. The molecule has 7 nitrogen and oxygen atoms in total. The zero-order valence-corrected chi connectivity index (χ0v) is 10.1. The molecule has 0 heterocycles. The van der Waals surface area contributed by atoms with Crippen LogP contribution >= 0.6 is 0 Å². The summed E-state index contributed by atoms with van der Waals surface area (Å²) in [4.78, 5) is 21.6. The van der Waals surface area contributed by atoms with E-state index in [0.717, 1.165) is 18.2 Å². The van der Waals surface area contributed by atoms with E-state index in [2.05, 4.69) is 4.18 Å². The van der Waals surface area contributed by atoms with Crippen LogP contribution in [0.5, 0.6) is 5.75 Å². The molecule has 1 aromatic rings. The molecule has 0 amide bonds. The van der Waals surface area contributed by atoms with E-state index in [1.807, 2.05) is 0 Å². The fourth-order valence-electron chi connectivity index (χ4n) is 1.14. The Balaban J connectivity index is 3.24. The molecule has 8 heteroatoms. The molecule has 98 valence electrons. The highest BCUT2D eigenvalue weighted by Crippen LogP contribution is 2.20. The van der Waals surface area contributed by atoms with Crippen LogP contribution in [0.25, 0.3) is 0 Å². The first-order valence-electron chi connectivity index (χ1n) is 4.79. The van der Waals surface area contributed by atoms with Gasteiger partial charge >= 0.3 is 22.1 Å². The van der Waals surface area contributed by atoms with E-state index in [0.29, 0.717) is 0 Å². The highest BCUT2D eigenvalue weighted by atomic mass is 32.2. The fraction of sp³-hybridized carbons (Fsp3) is 0.200. The lowest BCUT2D eigenvalue weighted by Crippen LogP contribution is -2.13. The number of hydrogen-bond donors (Lipinski definition) is 2. The maximum Gasteiger partial charge on any atom is 0.336 e. The number of aromatic carboxylic acids is 2. The summed E-state index contributed by atoms with van der Waals surface area (Å²) >= 11 is 0. The van der Waals surface area contributed by atoms with Crippen LogP contribution in [0.3, 0.4) is 0 Å².